The molecule has 2 aromatic rings. The lowest BCUT2D eigenvalue weighted by Gasteiger charge is -2.58. The molecule has 7 aliphatic rings. The summed E-state index contributed by atoms with van der Waals surface area (Å²) < 4.78 is 41.4. The highest BCUT2D eigenvalue weighted by atomic mass is 19.4. The van der Waals surface area contributed by atoms with E-state index in [1.807, 2.05) is 30.9 Å². The fourth-order valence-electron chi connectivity index (χ4n) is 11.9. The van der Waals surface area contributed by atoms with Gasteiger partial charge in [-0.05, 0) is 163 Å². The maximum Gasteiger partial charge on any atom is 0.416 e. The molecule has 0 aromatic heterocycles. The molecule has 294 valence electrons. The van der Waals surface area contributed by atoms with E-state index in [2.05, 4.69) is 25.2 Å². The van der Waals surface area contributed by atoms with E-state index in [-0.39, 0.29) is 35.5 Å². The van der Waals surface area contributed by atoms with E-state index in [1.165, 1.54) is 37.0 Å². The molecule has 2 amide bonds. The minimum atomic E-state index is -4.60. The minimum absolute atomic E-state index is 0.0504. The highest BCUT2D eigenvalue weighted by Gasteiger charge is 2.59. The number of alkyl halides is 3. The van der Waals surface area contributed by atoms with Crippen LogP contribution in [0.1, 0.15) is 143 Å². The van der Waals surface area contributed by atoms with Gasteiger partial charge in [0.2, 0.25) is 0 Å². The topological polar surface area (TPSA) is 89.9 Å². The van der Waals surface area contributed by atoms with Gasteiger partial charge in [0.15, 0.2) is 5.78 Å². The number of halogens is 3. The lowest BCUT2D eigenvalue weighted by molar-refractivity contribution is -0.137. The Hall–Kier alpha value is -3.17. The highest BCUT2D eigenvalue weighted by molar-refractivity contribution is 6.10. The van der Waals surface area contributed by atoms with Crippen LogP contribution in [0.15, 0.2) is 54.1 Å². The Kier molecular flexibility index (Phi) is 10.7. The number of nitrogens with one attached hydrogen (secondary N) is 1. The van der Waals surface area contributed by atoms with Crippen molar-refractivity contribution in [1.29, 1.82) is 0 Å². The summed E-state index contributed by atoms with van der Waals surface area (Å²) in [7, 11) is 0. The van der Waals surface area contributed by atoms with Crippen molar-refractivity contribution in [3.63, 3.8) is 0 Å². The molecule has 2 aromatic carbocycles. The van der Waals surface area contributed by atoms with Gasteiger partial charge in [0.1, 0.15) is 0 Å². The Bertz CT molecular complexity index is 1730. The average Bonchev–Trinajstić information content (AvgIpc) is 3.34. The zero-order valence-corrected chi connectivity index (χ0v) is 32.5. The van der Waals surface area contributed by atoms with Gasteiger partial charge >= 0.3 is 12.2 Å². The number of urea groups is 1. The molecular formula is C45H59F3N2O4. The predicted molar refractivity (Wildman–Crippen MR) is 204 cm³/mol. The molecule has 9 rings (SSSR count). The van der Waals surface area contributed by atoms with Gasteiger partial charge in [-0.2, -0.15) is 13.2 Å². The van der Waals surface area contributed by atoms with Crippen LogP contribution in [0.2, 0.25) is 0 Å². The molecule has 7 aliphatic carbocycles. The quantitative estimate of drug-likeness (QED) is 0.194. The van der Waals surface area contributed by atoms with Crippen LogP contribution in [-0.4, -0.2) is 57.8 Å². The molecule has 0 spiro atoms. The largest absolute Gasteiger partial charge is 0.416 e. The van der Waals surface area contributed by atoms with Crippen molar-refractivity contribution in [2.24, 2.45) is 28.6 Å². The van der Waals surface area contributed by atoms with Crippen molar-refractivity contribution in [3.05, 3.63) is 81.9 Å². The van der Waals surface area contributed by atoms with Gasteiger partial charge in [0.05, 0.1) is 23.8 Å². The number of aliphatic hydroxyl groups is 2. The first-order chi connectivity index (χ1) is 25.5. The lowest BCUT2D eigenvalue weighted by atomic mass is 9.49. The number of carbonyl (C=O) groups excluding carboxylic acids is 2. The van der Waals surface area contributed by atoms with Gasteiger partial charge in [-0.25, -0.2) is 4.79 Å². The lowest BCUT2D eigenvalue weighted by Crippen LogP contribution is -2.59. The smallest absolute Gasteiger partial charge is 0.393 e. The molecule has 6 nitrogen and oxygen atoms in total. The number of allylic oxidation sites excluding steroid dienone is 2. The summed E-state index contributed by atoms with van der Waals surface area (Å²) in [5.74, 6) is 1.34. The van der Waals surface area contributed by atoms with Crippen molar-refractivity contribution < 1.29 is 33.0 Å². The van der Waals surface area contributed by atoms with E-state index < -0.39 is 34.6 Å². The molecule has 0 heterocycles. The molecule has 9 heteroatoms. The SMILES string of the molecule is CC1=CCC[C@@]2(C)[C@@H](CC[C@@]2(O)CN(CC23CC4CC(CC(C4)C2)C3)C(=O)NC(C)C)c2ccc(cc2C(=O)c2cccc(C(F)(F)F)c2)C[C@@H](O)CC1. The second-order valence-corrected chi connectivity index (χ2v) is 18.7. The molecule has 54 heavy (non-hydrogen) atoms. The molecule has 0 aliphatic heterocycles. The standard InChI is InChI=1S/C45H59F3N2O4/c1-28(2)49-41(53)50(26-43-23-31-17-32(24-43)19-33(18-31)25-43)27-44(54)16-14-39-37-13-11-30(20-36(51)12-10-29(3)7-6-15-42(39,44)4)21-38(37)40(52)34-8-5-9-35(22-34)45(46,47)48/h5,7-9,11,13,21-22,28,31-33,36,39,51,54H,6,10,12,14-20,23-27H2,1-4H3,(H,49,53)/t31?,32?,33?,36-,39-,42-,43?,44+/m0/s1. The molecule has 0 saturated heterocycles. The Morgan fingerprint density at radius 3 is 2.30 bits per heavy atom. The Labute approximate surface area is 319 Å². The zero-order chi connectivity index (χ0) is 38.6. The third-order valence-electron chi connectivity index (χ3n) is 14.2. The fraction of sp³-hybridized carbons (Fsp3) is 0.644. The Morgan fingerprint density at radius 1 is 0.963 bits per heavy atom. The van der Waals surface area contributed by atoms with Crippen LogP contribution in [0.3, 0.4) is 0 Å². The van der Waals surface area contributed by atoms with Crippen molar-refractivity contribution in [2.75, 3.05) is 13.1 Å². The van der Waals surface area contributed by atoms with Crippen LogP contribution < -0.4 is 5.32 Å². The van der Waals surface area contributed by atoms with Gasteiger partial charge in [-0.15, -0.1) is 0 Å². The fourth-order valence-corrected chi connectivity index (χ4v) is 11.9. The first-order valence-corrected chi connectivity index (χ1v) is 20.4. The van der Waals surface area contributed by atoms with Crippen LogP contribution in [0.4, 0.5) is 18.0 Å². The van der Waals surface area contributed by atoms with Crippen LogP contribution >= 0.6 is 0 Å². The number of carbonyl (C=O) groups is 2. The summed E-state index contributed by atoms with van der Waals surface area (Å²) in [4.78, 5) is 30.5. The average molecular weight is 749 g/mol. The van der Waals surface area contributed by atoms with Crippen molar-refractivity contribution in [3.8, 4) is 0 Å². The molecule has 5 saturated carbocycles. The summed E-state index contributed by atoms with van der Waals surface area (Å²) in [6.07, 6.45) is 8.02. The van der Waals surface area contributed by atoms with Gasteiger partial charge in [-0.3, -0.25) is 4.79 Å². The van der Waals surface area contributed by atoms with E-state index in [4.69, 9.17) is 0 Å². The molecule has 6 bridgehead atoms. The van der Waals surface area contributed by atoms with Crippen LogP contribution in [0, 0.1) is 28.6 Å². The number of nitrogens with zero attached hydrogens (tertiary/aromatic N) is 1. The molecule has 4 atom stereocenters. The number of rotatable bonds is 7. The number of hydrogen-bond donors (Lipinski definition) is 3. The Morgan fingerprint density at radius 2 is 1.65 bits per heavy atom. The van der Waals surface area contributed by atoms with Crippen LogP contribution in [-0.2, 0) is 12.6 Å². The van der Waals surface area contributed by atoms with Crippen LogP contribution in [0.25, 0.3) is 0 Å². The van der Waals surface area contributed by atoms with E-state index in [0.29, 0.717) is 80.4 Å². The van der Waals surface area contributed by atoms with Gasteiger partial charge in [0, 0.05) is 29.1 Å². The van der Waals surface area contributed by atoms with Crippen molar-refractivity contribution in [2.45, 2.75) is 141 Å². The van der Waals surface area contributed by atoms with E-state index >= 15 is 0 Å². The molecule has 3 N–H and O–H groups in total. The number of amides is 2. The first kappa shape index (κ1) is 39.1. The summed E-state index contributed by atoms with van der Waals surface area (Å²) in [5.41, 5.74) is -0.0304. The zero-order valence-electron chi connectivity index (χ0n) is 32.5. The van der Waals surface area contributed by atoms with Crippen LogP contribution in [0.5, 0.6) is 0 Å². The van der Waals surface area contributed by atoms with E-state index in [9.17, 15) is 33.0 Å². The number of benzene rings is 2. The van der Waals surface area contributed by atoms with Gasteiger partial charge < -0.3 is 20.4 Å². The van der Waals surface area contributed by atoms with E-state index in [0.717, 1.165) is 37.0 Å². The van der Waals surface area contributed by atoms with Gasteiger partial charge in [-0.1, -0.05) is 42.8 Å². The Balaban J connectivity index is 1.28. The molecule has 0 unspecified atom stereocenters. The second-order valence-electron chi connectivity index (χ2n) is 18.7. The van der Waals surface area contributed by atoms with E-state index in [1.54, 1.807) is 6.07 Å². The van der Waals surface area contributed by atoms with Crippen molar-refractivity contribution in [1.82, 2.24) is 10.2 Å². The number of fused-ring (bicyclic) bond motifs is 8. The van der Waals surface area contributed by atoms with Gasteiger partial charge in [0.25, 0.3) is 0 Å². The molecule has 5 fully saturated rings. The second kappa shape index (κ2) is 14.7. The number of hydrogen-bond acceptors (Lipinski definition) is 4. The minimum Gasteiger partial charge on any atom is -0.393 e. The third kappa shape index (κ3) is 7.78. The molecular weight excluding hydrogens is 689 g/mol. The summed E-state index contributed by atoms with van der Waals surface area (Å²) in [6, 6.07) is 9.94. The summed E-state index contributed by atoms with van der Waals surface area (Å²) in [5, 5.41) is 27.3. The molecule has 0 radical (unpaired) electrons. The first-order valence-electron chi connectivity index (χ1n) is 20.4. The highest BCUT2D eigenvalue weighted by Crippen LogP contribution is 2.62. The normalized spacial score (nSPS) is 33.7. The monoisotopic (exact) mass is 748 g/mol. The maximum absolute atomic E-state index is 14.4. The summed E-state index contributed by atoms with van der Waals surface area (Å²) >= 11 is 0. The van der Waals surface area contributed by atoms with Crippen molar-refractivity contribution >= 4 is 11.8 Å². The third-order valence-corrected chi connectivity index (χ3v) is 14.2. The summed E-state index contributed by atoms with van der Waals surface area (Å²) in [6.45, 7) is 8.87. The maximum atomic E-state index is 14.4. The number of aliphatic hydroxyl groups excluding tert-OH is 1. The predicted octanol–water partition coefficient (Wildman–Crippen LogP) is 9.61. The number of ketones is 1.